The van der Waals surface area contributed by atoms with Crippen molar-refractivity contribution in [3.05, 3.63) is 18.0 Å². The van der Waals surface area contributed by atoms with Crippen LogP contribution in [0.2, 0.25) is 0 Å². The minimum atomic E-state index is -3.21. The van der Waals surface area contributed by atoms with Crippen LogP contribution in [-0.4, -0.2) is 37.0 Å². The van der Waals surface area contributed by atoms with E-state index in [1.807, 2.05) is 13.8 Å². The molecule has 0 aliphatic rings. The van der Waals surface area contributed by atoms with E-state index in [4.69, 9.17) is 0 Å². The van der Waals surface area contributed by atoms with Crippen LogP contribution < -0.4 is 10.0 Å². The Morgan fingerprint density at radius 3 is 2.81 bits per heavy atom. The average molecular weight is 246 g/mol. The van der Waals surface area contributed by atoms with Gasteiger partial charge in [-0.15, -0.1) is 0 Å². The van der Waals surface area contributed by atoms with Crippen LogP contribution in [0.15, 0.2) is 12.4 Å². The molecule has 0 aliphatic heterocycles. The molecule has 7 heteroatoms. The SMILES string of the molecule is CC(C)NCCS(=O)(=O)NCc1cn[nH]c1. The van der Waals surface area contributed by atoms with E-state index < -0.39 is 10.0 Å². The third kappa shape index (κ3) is 5.24. The lowest BCUT2D eigenvalue weighted by atomic mass is 10.4. The van der Waals surface area contributed by atoms with Gasteiger partial charge in [0.1, 0.15) is 0 Å². The molecule has 0 aliphatic carbocycles. The monoisotopic (exact) mass is 246 g/mol. The third-order valence-corrected chi connectivity index (χ3v) is 3.30. The van der Waals surface area contributed by atoms with Crippen molar-refractivity contribution in [1.82, 2.24) is 20.2 Å². The zero-order chi connectivity index (χ0) is 12.0. The molecule has 0 amide bonds. The summed E-state index contributed by atoms with van der Waals surface area (Å²) >= 11 is 0. The van der Waals surface area contributed by atoms with E-state index in [0.717, 1.165) is 5.56 Å². The molecular formula is C9H18N4O2S. The van der Waals surface area contributed by atoms with Gasteiger partial charge in [-0.05, 0) is 0 Å². The van der Waals surface area contributed by atoms with Gasteiger partial charge < -0.3 is 5.32 Å². The topological polar surface area (TPSA) is 86.9 Å². The Morgan fingerprint density at radius 1 is 1.50 bits per heavy atom. The van der Waals surface area contributed by atoms with Crippen molar-refractivity contribution >= 4 is 10.0 Å². The predicted octanol–water partition coefficient (Wildman–Crippen LogP) is -0.173. The molecule has 0 spiro atoms. The van der Waals surface area contributed by atoms with E-state index in [1.54, 1.807) is 12.4 Å². The molecule has 0 unspecified atom stereocenters. The zero-order valence-electron chi connectivity index (χ0n) is 9.53. The molecule has 0 saturated heterocycles. The van der Waals surface area contributed by atoms with E-state index in [2.05, 4.69) is 20.2 Å². The van der Waals surface area contributed by atoms with Gasteiger partial charge in [-0.2, -0.15) is 5.10 Å². The highest BCUT2D eigenvalue weighted by molar-refractivity contribution is 7.89. The number of hydrogen-bond donors (Lipinski definition) is 3. The largest absolute Gasteiger partial charge is 0.313 e. The van der Waals surface area contributed by atoms with Crippen LogP contribution in [0.25, 0.3) is 0 Å². The van der Waals surface area contributed by atoms with Crippen molar-refractivity contribution in [1.29, 1.82) is 0 Å². The van der Waals surface area contributed by atoms with Gasteiger partial charge in [0.15, 0.2) is 0 Å². The van der Waals surface area contributed by atoms with Gasteiger partial charge in [-0.1, -0.05) is 13.8 Å². The highest BCUT2D eigenvalue weighted by Gasteiger charge is 2.09. The molecule has 0 bridgehead atoms. The number of rotatable bonds is 7. The fourth-order valence-electron chi connectivity index (χ4n) is 1.12. The molecule has 1 aromatic rings. The fourth-order valence-corrected chi connectivity index (χ4v) is 2.04. The minimum absolute atomic E-state index is 0.0863. The Balaban J connectivity index is 2.29. The van der Waals surface area contributed by atoms with Crippen LogP contribution in [0.5, 0.6) is 0 Å². The van der Waals surface area contributed by atoms with Gasteiger partial charge in [-0.3, -0.25) is 5.10 Å². The van der Waals surface area contributed by atoms with Crippen molar-refractivity contribution in [2.24, 2.45) is 0 Å². The Hall–Kier alpha value is -0.920. The summed E-state index contributed by atoms with van der Waals surface area (Å²) in [4.78, 5) is 0. The summed E-state index contributed by atoms with van der Waals surface area (Å²) in [5.41, 5.74) is 0.820. The van der Waals surface area contributed by atoms with Gasteiger partial charge in [0, 0.05) is 30.9 Å². The van der Waals surface area contributed by atoms with Crippen LogP contribution in [0.3, 0.4) is 0 Å². The van der Waals surface area contributed by atoms with E-state index in [-0.39, 0.29) is 12.3 Å². The number of H-pyrrole nitrogens is 1. The molecule has 0 aromatic carbocycles. The predicted molar refractivity (Wildman–Crippen MR) is 62.4 cm³/mol. The molecule has 0 atom stereocenters. The zero-order valence-corrected chi connectivity index (χ0v) is 10.3. The van der Waals surface area contributed by atoms with E-state index in [0.29, 0.717) is 12.6 Å². The van der Waals surface area contributed by atoms with Gasteiger partial charge >= 0.3 is 0 Å². The summed E-state index contributed by atoms with van der Waals surface area (Å²) in [6.45, 7) is 4.69. The van der Waals surface area contributed by atoms with Crippen molar-refractivity contribution in [2.45, 2.75) is 26.4 Å². The number of nitrogens with one attached hydrogen (secondary N) is 3. The van der Waals surface area contributed by atoms with E-state index in [9.17, 15) is 8.42 Å². The van der Waals surface area contributed by atoms with Crippen LogP contribution in [0.1, 0.15) is 19.4 Å². The summed E-state index contributed by atoms with van der Waals surface area (Å²) in [6, 6.07) is 0.295. The van der Waals surface area contributed by atoms with Crippen molar-refractivity contribution < 1.29 is 8.42 Å². The molecule has 1 aromatic heterocycles. The van der Waals surface area contributed by atoms with Crippen LogP contribution >= 0.6 is 0 Å². The van der Waals surface area contributed by atoms with Gasteiger partial charge in [0.25, 0.3) is 0 Å². The third-order valence-electron chi connectivity index (χ3n) is 1.97. The van der Waals surface area contributed by atoms with Gasteiger partial charge in [-0.25, -0.2) is 13.1 Å². The molecule has 16 heavy (non-hydrogen) atoms. The maximum Gasteiger partial charge on any atom is 0.213 e. The number of nitrogens with zero attached hydrogens (tertiary/aromatic N) is 1. The van der Waals surface area contributed by atoms with Crippen molar-refractivity contribution in [3.8, 4) is 0 Å². The maximum absolute atomic E-state index is 11.5. The lowest BCUT2D eigenvalue weighted by molar-refractivity contribution is 0.566. The summed E-state index contributed by atoms with van der Waals surface area (Å²) in [6.07, 6.45) is 3.25. The molecule has 92 valence electrons. The highest BCUT2D eigenvalue weighted by Crippen LogP contribution is 1.94. The molecule has 6 nitrogen and oxygen atoms in total. The normalized spacial score (nSPS) is 12.2. The smallest absolute Gasteiger partial charge is 0.213 e. The molecule has 0 fully saturated rings. The fraction of sp³-hybridized carbons (Fsp3) is 0.667. The average Bonchev–Trinajstić information content (AvgIpc) is 2.66. The second kappa shape index (κ2) is 5.97. The second-order valence-electron chi connectivity index (χ2n) is 3.86. The van der Waals surface area contributed by atoms with Crippen molar-refractivity contribution in [2.75, 3.05) is 12.3 Å². The van der Waals surface area contributed by atoms with E-state index in [1.165, 1.54) is 0 Å². The summed E-state index contributed by atoms with van der Waals surface area (Å²) in [5.74, 6) is 0.0863. The Kier molecular flexibility index (Phi) is 4.91. The first-order valence-corrected chi connectivity index (χ1v) is 6.83. The summed E-state index contributed by atoms with van der Waals surface area (Å²) in [7, 11) is -3.21. The first-order chi connectivity index (χ1) is 7.49. The lowest BCUT2D eigenvalue weighted by Crippen LogP contribution is -2.34. The van der Waals surface area contributed by atoms with Gasteiger partial charge in [0.05, 0.1) is 11.9 Å². The number of sulfonamides is 1. The number of hydrogen-bond acceptors (Lipinski definition) is 4. The molecule has 3 N–H and O–H groups in total. The Morgan fingerprint density at radius 2 is 2.25 bits per heavy atom. The highest BCUT2D eigenvalue weighted by atomic mass is 32.2. The first-order valence-electron chi connectivity index (χ1n) is 5.18. The number of aromatic nitrogens is 2. The molecule has 0 saturated carbocycles. The van der Waals surface area contributed by atoms with Crippen LogP contribution in [-0.2, 0) is 16.6 Å². The van der Waals surface area contributed by atoms with Crippen LogP contribution in [0, 0.1) is 0 Å². The molecule has 1 rings (SSSR count). The van der Waals surface area contributed by atoms with Crippen LogP contribution in [0.4, 0.5) is 0 Å². The standard InChI is InChI=1S/C9H18N4O2S/c1-8(2)10-3-4-16(14,15)13-7-9-5-11-12-6-9/h5-6,8,10,13H,3-4,7H2,1-2H3,(H,11,12). The minimum Gasteiger partial charge on any atom is -0.313 e. The first kappa shape index (κ1) is 13.1. The summed E-state index contributed by atoms with van der Waals surface area (Å²) < 4.78 is 25.6. The molecule has 1 heterocycles. The number of aromatic amines is 1. The molecule has 0 radical (unpaired) electrons. The van der Waals surface area contributed by atoms with Gasteiger partial charge in [0.2, 0.25) is 10.0 Å². The second-order valence-corrected chi connectivity index (χ2v) is 5.78. The Bertz CT molecular complexity index is 386. The van der Waals surface area contributed by atoms with Crippen molar-refractivity contribution in [3.63, 3.8) is 0 Å². The Labute approximate surface area is 95.9 Å². The molecular weight excluding hydrogens is 228 g/mol. The lowest BCUT2D eigenvalue weighted by Gasteiger charge is -2.09. The van der Waals surface area contributed by atoms with E-state index >= 15 is 0 Å². The summed E-state index contributed by atoms with van der Waals surface area (Å²) in [5, 5.41) is 9.42. The quantitative estimate of drug-likeness (QED) is 0.623. The maximum atomic E-state index is 11.5.